The van der Waals surface area contributed by atoms with Gasteiger partial charge in [0.1, 0.15) is 10.6 Å². The fourth-order valence-corrected chi connectivity index (χ4v) is 5.93. The molecule has 0 aliphatic carbocycles. The van der Waals surface area contributed by atoms with E-state index in [1.165, 1.54) is 17.2 Å². The van der Waals surface area contributed by atoms with Crippen molar-refractivity contribution in [1.29, 1.82) is 0 Å². The number of sulfonamides is 1. The number of methoxy groups -OCH3 is 1. The maximum atomic E-state index is 13.1. The number of nitrogens with zero attached hydrogens (tertiary/aromatic N) is 3. The van der Waals surface area contributed by atoms with Gasteiger partial charge in [-0.25, -0.2) is 8.42 Å². The maximum Gasteiger partial charge on any atom is 0.264 e. The Labute approximate surface area is 222 Å². The molecule has 196 valence electrons. The van der Waals surface area contributed by atoms with Crippen LogP contribution in [-0.4, -0.2) is 62.4 Å². The monoisotopic (exact) mass is 530 g/mol. The second-order valence-electron chi connectivity index (χ2n) is 9.37. The van der Waals surface area contributed by atoms with E-state index in [1.807, 2.05) is 29.2 Å². The lowest BCUT2D eigenvalue weighted by molar-refractivity contribution is 0.0628. The van der Waals surface area contributed by atoms with Gasteiger partial charge in [-0.1, -0.05) is 24.3 Å². The number of amides is 1. The molecule has 4 aromatic rings. The number of carbonyl (C=O) groups excluding carboxylic acids is 1. The van der Waals surface area contributed by atoms with Gasteiger partial charge in [-0.15, -0.1) is 0 Å². The van der Waals surface area contributed by atoms with Gasteiger partial charge in [0, 0.05) is 55.6 Å². The third-order valence-electron chi connectivity index (χ3n) is 6.87. The van der Waals surface area contributed by atoms with E-state index >= 15 is 0 Å². The lowest BCUT2D eigenvalue weighted by Gasteiger charge is -2.35. The predicted octanol–water partition coefficient (Wildman–Crippen LogP) is 4.31. The molecular formula is C29H30N4O4S. The number of aromatic nitrogens is 1. The zero-order chi connectivity index (χ0) is 26.7. The summed E-state index contributed by atoms with van der Waals surface area (Å²) in [5.41, 5.74) is 3.77. The van der Waals surface area contributed by atoms with Crippen molar-refractivity contribution < 1.29 is 17.9 Å². The minimum absolute atomic E-state index is 0.0575. The first-order valence-corrected chi connectivity index (χ1v) is 13.9. The molecule has 1 N–H and O–H groups in total. The van der Waals surface area contributed by atoms with E-state index in [4.69, 9.17) is 4.74 Å². The van der Waals surface area contributed by atoms with Crippen molar-refractivity contribution >= 4 is 32.5 Å². The van der Waals surface area contributed by atoms with Gasteiger partial charge in [0.15, 0.2) is 0 Å². The molecule has 0 atom stereocenters. The highest BCUT2D eigenvalue weighted by atomic mass is 32.2. The summed E-state index contributed by atoms with van der Waals surface area (Å²) in [6.45, 7) is 5.76. The number of aryl methyl sites for hydroxylation is 1. The Morgan fingerprint density at radius 3 is 2.42 bits per heavy atom. The van der Waals surface area contributed by atoms with Crippen LogP contribution in [0.4, 0.5) is 5.69 Å². The van der Waals surface area contributed by atoms with Crippen LogP contribution in [-0.2, 0) is 16.6 Å². The molecule has 9 heteroatoms. The highest BCUT2D eigenvalue weighted by Crippen LogP contribution is 2.24. The average Bonchev–Trinajstić information content (AvgIpc) is 2.94. The van der Waals surface area contributed by atoms with Crippen LogP contribution in [0, 0.1) is 6.92 Å². The molecule has 0 bridgehead atoms. The van der Waals surface area contributed by atoms with Gasteiger partial charge in [0.25, 0.3) is 15.9 Å². The number of carbonyl (C=O) groups is 1. The summed E-state index contributed by atoms with van der Waals surface area (Å²) in [6, 6.07) is 21.3. The molecule has 1 aromatic heterocycles. The Kier molecular flexibility index (Phi) is 7.31. The van der Waals surface area contributed by atoms with Crippen molar-refractivity contribution in [2.24, 2.45) is 0 Å². The molecule has 1 saturated heterocycles. The zero-order valence-corrected chi connectivity index (χ0v) is 22.2. The Balaban J connectivity index is 1.20. The topological polar surface area (TPSA) is 91.8 Å². The fraction of sp³-hybridized carbons (Fsp3) is 0.241. The summed E-state index contributed by atoms with van der Waals surface area (Å²) in [6.07, 6.45) is 1.57. The van der Waals surface area contributed by atoms with Gasteiger partial charge in [-0.2, -0.15) is 0 Å². The molecular weight excluding hydrogens is 500 g/mol. The largest absolute Gasteiger partial charge is 0.497 e. The van der Waals surface area contributed by atoms with Crippen LogP contribution >= 0.6 is 0 Å². The van der Waals surface area contributed by atoms with Crippen molar-refractivity contribution in [2.45, 2.75) is 18.4 Å². The van der Waals surface area contributed by atoms with Gasteiger partial charge in [-0.3, -0.25) is 19.4 Å². The average molecular weight is 531 g/mol. The number of pyridine rings is 1. The third-order valence-corrected chi connectivity index (χ3v) is 8.29. The molecule has 3 aromatic carbocycles. The number of hydrogen-bond acceptors (Lipinski definition) is 6. The number of anilines is 1. The molecule has 38 heavy (non-hydrogen) atoms. The number of fused-ring (bicyclic) bond motifs is 1. The minimum Gasteiger partial charge on any atom is -0.497 e. The number of rotatable bonds is 7. The number of ether oxygens (including phenoxy) is 1. The van der Waals surface area contributed by atoms with Crippen LogP contribution in [0.15, 0.2) is 83.9 Å². The first-order valence-electron chi connectivity index (χ1n) is 12.5. The summed E-state index contributed by atoms with van der Waals surface area (Å²) < 4.78 is 34.0. The van der Waals surface area contributed by atoms with Gasteiger partial charge >= 0.3 is 0 Å². The van der Waals surface area contributed by atoms with E-state index in [1.54, 1.807) is 49.7 Å². The third kappa shape index (κ3) is 5.49. The molecule has 2 heterocycles. The summed E-state index contributed by atoms with van der Waals surface area (Å²) >= 11 is 0. The lowest BCUT2D eigenvalue weighted by Crippen LogP contribution is -2.48. The van der Waals surface area contributed by atoms with E-state index in [9.17, 15) is 13.2 Å². The number of hydrogen-bond donors (Lipinski definition) is 1. The molecule has 1 amide bonds. The number of benzene rings is 3. The minimum atomic E-state index is -3.85. The quantitative estimate of drug-likeness (QED) is 0.383. The van der Waals surface area contributed by atoms with Crippen LogP contribution in [0.2, 0.25) is 0 Å². The van der Waals surface area contributed by atoms with E-state index < -0.39 is 10.0 Å². The first-order chi connectivity index (χ1) is 18.3. The van der Waals surface area contributed by atoms with Crippen molar-refractivity contribution in [3.8, 4) is 5.75 Å². The van der Waals surface area contributed by atoms with Gasteiger partial charge in [-0.05, 0) is 66.6 Å². The summed E-state index contributed by atoms with van der Waals surface area (Å²) in [5, 5.41) is 0.746. The van der Waals surface area contributed by atoms with Gasteiger partial charge < -0.3 is 9.64 Å². The SMILES string of the molecule is COc1ccc(CN2CCN(C(=O)c3ccc(NS(=O)(=O)c4cccc5cccnc45)cc3)CC2)c(C)c1. The smallest absolute Gasteiger partial charge is 0.264 e. The van der Waals surface area contributed by atoms with Crippen LogP contribution < -0.4 is 9.46 Å². The standard InChI is InChI=1S/C29H30N4O4S/c1-21-19-26(37-2)13-10-24(21)20-32-15-17-33(18-16-32)29(34)23-8-11-25(12-9-23)31-38(35,36)27-7-3-5-22-6-4-14-30-28(22)27/h3-14,19,31H,15-18,20H2,1-2H3. The van der Waals surface area contributed by atoms with Crippen LogP contribution in [0.3, 0.4) is 0 Å². The Morgan fingerprint density at radius 1 is 0.974 bits per heavy atom. The molecule has 0 unspecified atom stereocenters. The highest BCUT2D eigenvalue weighted by molar-refractivity contribution is 7.93. The Bertz CT molecular complexity index is 1560. The maximum absolute atomic E-state index is 13.1. The molecule has 5 rings (SSSR count). The second kappa shape index (κ2) is 10.8. The summed E-state index contributed by atoms with van der Waals surface area (Å²) in [5.74, 6) is 0.795. The molecule has 0 radical (unpaired) electrons. The van der Waals surface area contributed by atoms with Gasteiger partial charge in [0.2, 0.25) is 0 Å². The molecule has 0 spiro atoms. The van der Waals surface area contributed by atoms with Crippen molar-refractivity contribution in [1.82, 2.24) is 14.8 Å². The number of piperazine rings is 1. The molecule has 0 saturated carbocycles. The molecule has 1 fully saturated rings. The van der Waals surface area contributed by atoms with Crippen molar-refractivity contribution in [3.05, 3.63) is 95.7 Å². The normalized spacial score (nSPS) is 14.4. The fourth-order valence-electron chi connectivity index (χ4n) is 4.69. The summed E-state index contributed by atoms with van der Waals surface area (Å²) in [4.78, 5) is 21.6. The summed E-state index contributed by atoms with van der Waals surface area (Å²) in [7, 11) is -2.19. The van der Waals surface area contributed by atoms with E-state index in [0.717, 1.165) is 30.8 Å². The lowest BCUT2D eigenvalue weighted by atomic mass is 10.1. The van der Waals surface area contributed by atoms with Crippen molar-refractivity contribution in [2.75, 3.05) is 38.0 Å². The van der Waals surface area contributed by atoms with Crippen molar-refractivity contribution in [3.63, 3.8) is 0 Å². The predicted molar refractivity (Wildman–Crippen MR) is 148 cm³/mol. The van der Waals surface area contributed by atoms with Crippen LogP contribution in [0.5, 0.6) is 5.75 Å². The van der Waals surface area contributed by atoms with E-state index in [-0.39, 0.29) is 10.8 Å². The molecule has 8 nitrogen and oxygen atoms in total. The molecule has 1 aliphatic heterocycles. The number of nitrogens with one attached hydrogen (secondary N) is 1. The Morgan fingerprint density at radius 2 is 1.71 bits per heavy atom. The van der Waals surface area contributed by atoms with Crippen LogP contribution in [0.25, 0.3) is 10.9 Å². The first kappa shape index (κ1) is 25.7. The van der Waals surface area contributed by atoms with Crippen LogP contribution in [0.1, 0.15) is 21.5 Å². The van der Waals surface area contributed by atoms with Gasteiger partial charge in [0.05, 0.1) is 12.6 Å². The van der Waals surface area contributed by atoms with E-state index in [0.29, 0.717) is 29.9 Å². The molecule has 1 aliphatic rings. The Hall–Kier alpha value is -3.95. The second-order valence-corrected chi connectivity index (χ2v) is 11.0. The zero-order valence-electron chi connectivity index (χ0n) is 21.4. The highest BCUT2D eigenvalue weighted by Gasteiger charge is 2.23. The number of para-hydroxylation sites is 1. The van der Waals surface area contributed by atoms with E-state index in [2.05, 4.69) is 27.6 Å².